The summed E-state index contributed by atoms with van der Waals surface area (Å²) in [5.41, 5.74) is -0.0404. The average Bonchev–Trinajstić information content (AvgIpc) is 2.77. The second-order valence-electron chi connectivity index (χ2n) is 6.58. The summed E-state index contributed by atoms with van der Waals surface area (Å²) in [6, 6.07) is 11.4. The average molecular weight is 459 g/mol. The highest BCUT2D eigenvalue weighted by atomic mass is 32.2. The second-order valence-corrected chi connectivity index (χ2v) is 8.26. The van der Waals surface area contributed by atoms with Crippen LogP contribution >= 0.6 is 0 Å². The number of hydrogen-bond donors (Lipinski definition) is 3. The largest absolute Gasteiger partial charge is 0.494 e. The molecule has 0 aliphatic rings. The van der Waals surface area contributed by atoms with Crippen LogP contribution in [-0.4, -0.2) is 45.5 Å². The Kier molecular flexibility index (Phi) is 6.79. The molecule has 0 aliphatic carbocycles. The Morgan fingerprint density at radius 1 is 1.06 bits per heavy atom. The van der Waals surface area contributed by atoms with Gasteiger partial charge in [0.2, 0.25) is 5.56 Å². The maximum atomic E-state index is 12.9. The van der Waals surface area contributed by atoms with Crippen LogP contribution in [0.3, 0.4) is 0 Å². The molecule has 3 aromatic rings. The van der Waals surface area contributed by atoms with Crippen LogP contribution in [0.2, 0.25) is 0 Å². The van der Waals surface area contributed by atoms with Gasteiger partial charge in [0, 0.05) is 22.7 Å². The number of amides is 1. The SMILES string of the molecule is CCOc1ccc(NS(=O)(=O)c2ccc3[nH]c(=O)cc(C(=O)NCC(=O)OC)c3c2)cc1. The molecule has 0 saturated heterocycles. The topological polar surface area (TPSA) is 144 Å². The molecule has 2 aromatic carbocycles. The third-order valence-electron chi connectivity index (χ3n) is 4.41. The zero-order chi connectivity index (χ0) is 23.3. The number of aromatic nitrogens is 1. The first-order valence-electron chi connectivity index (χ1n) is 9.51. The van der Waals surface area contributed by atoms with Gasteiger partial charge in [0.1, 0.15) is 12.3 Å². The van der Waals surface area contributed by atoms with Gasteiger partial charge < -0.3 is 19.8 Å². The highest BCUT2D eigenvalue weighted by molar-refractivity contribution is 7.92. The van der Waals surface area contributed by atoms with Gasteiger partial charge >= 0.3 is 5.97 Å². The summed E-state index contributed by atoms with van der Waals surface area (Å²) in [5, 5.41) is 2.54. The van der Waals surface area contributed by atoms with Crippen molar-refractivity contribution in [2.45, 2.75) is 11.8 Å². The molecular weight excluding hydrogens is 438 g/mol. The minimum atomic E-state index is -4.00. The molecule has 0 unspecified atom stereocenters. The summed E-state index contributed by atoms with van der Waals surface area (Å²) in [4.78, 5) is 38.2. The molecule has 0 aliphatic heterocycles. The van der Waals surface area contributed by atoms with E-state index in [1.807, 2.05) is 6.92 Å². The van der Waals surface area contributed by atoms with Crippen molar-refractivity contribution >= 4 is 38.5 Å². The van der Waals surface area contributed by atoms with Crippen molar-refractivity contribution in [2.24, 2.45) is 0 Å². The van der Waals surface area contributed by atoms with Crippen molar-refractivity contribution in [1.82, 2.24) is 10.3 Å². The fraction of sp³-hybridized carbons (Fsp3) is 0.190. The molecule has 0 radical (unpaired) electrons. The Hall–Kier alpha value is -3.86. The van der Waals surface area contributed by atoms with E-state index >= 15 is 0 Å². The molecule has 1 aromatic heterocycles. The van der Waals surface area contributed by atoms with E-state index in [2.05, 4.69) is 19.8 Å². The molecule has 32 heavy (non-hydrogen) atoms. The van der Waals surface area contributed by atoms with E-state index in [1.54, 1.807) is 24.3 Å². The standard InChI is InChI=1S/C21H21N3O7S/c1-3-31-14-6-4-13(5-7-14)24-32(28,29)15-8-9-18-16(10-15)17(11-19(25)23-18)21(27)22-12-20(26)30-2/h4-11,24H,3,12H2,1-2H3,(H,22,27)(H,23,25). The van der Waals surface area contributed by atoms with E-state index in [9.17, 15) is 22.8 Å². The van der Waals surface area contributed by atoms with Gasteiger partial charge in [-0.2, -0.15) is 0 Å². The Bertz CT molecular complexity index is 1320. The summed E-state index contributed by atoms with van der Waals surface area (Å²) in [5.74, 6) is -0.788. The number of sulfonamides is 1. The summed E-state index contributed by atoms with van der Waals surface area (Å²) in [7, 11) is -2.83. The number of aromatic amines is 1. The minimum Gasteiger partial charge on any atom is -0.494 e. The van der Waals surface area contributed by atoms with Crippen molar-refractivity contribution in [3.05, 3.63) is 64.4 Å². The van der Waals surface area contributed by atoms with Crippen molar-refractivity contribution in [3.63, 3.8) is 0 Å². The lowest BCUT2D eigenvalue weighted by molar-refractivity contribution is -0.139. The normalized spacial score (nSPS) is 11.1. The van der Waals surface area contributed by atoms with E-state index in [1.165, 1.54) is 25.3 Å². The van der Waals surface area contributed by atoms with E-state index in [-0.39, 0.29) is 21.4 Å². The van der Waals surface area contributed by atoms with Gasteiger partial charge in [0.05, 0.1) is 24.2 Å². The smallest absolute Gasteiger partial charge is 0.325 e. The predicted octanol–water partition coefficient (Wildman–Crippen LogP) is 1.63. The number of H-pyrrole nitrogens is 1. The molecule has 0 atom stereocenters. The van der Waals surface area contributed by atoms with Gasteiger partial charge in [-0.3, -0.25) is 19.1 Å². The van der Waals surface area contributed by atoms with Crippen LogP contribution in [0.25, 0.3) is 10.9 Å². The lowest BCUT2D eigenvalue weighted by Gasteiger charge is -2.11. The molecule has 10 nitrogen and oxygen atoms in total. The molecular formula is C21H21N3O7S. The van der Waals surface area contributed by atoms with Crippen molar-refractivity contribution < 1.29 is 27.5 Å². The quantitative estimate of drug-likeness (QED) is 0.434. The molecule has 1 amide bonds. The monoisotopic (exact) mass is 459 g/mol. The van der Waals surface area contributed by atoms with Crippen LogP contribution in [0.5, 0.6) is 5.75 Å². The number of rotatable bonds is 8. The van der Waals surface area contributed by atoms with E-state index < -0.39 is 34.0 Å². The summed E-state index contributed by atoms with van der Waals surface area (Å²) < 4.78 is 38.0. The number of methoxy groups -OCH3 is 1. The molecule has 1 heterocycles. The molecule has 3 N–H and O–H groups in total. The fourth-order valence-corrected chi connectivity index (χ4v) is 3.99. The summed E-state index contributed by atoms with van der Waals surface area (Å²) in [6.07, 6.45) is 0. The Morgan fingerprint density at radius 2 is 1.78 bits per heavy atom. The first kappa shape index (κ1) is 22.8. The minimum absolute atomic E-state index is 0.0780. The van der Waals surface area contributed by atoms with Crippen LogP contribution in [0, 0.1) is 0 Å². The van der Waals surface area contributed by atoms with Crippen LogP contribution in [-0.2, 0) is 19.6 Å². The first-order valence-corrected chi connectivity index (χ1v) is 11.0. The van der Waals surface area contributed by atoms with E-state index in [4.69, 9.17) is 4.74 Å². The van der Waals surface area contributed by atoms with Gasteiger partial charge in [0.15, 0.2) is 0 Å². The first-order chi connectivity index (χ1) is 15.2. The van der Waals surface area contributed by atoms with Crippen molar-refractivity contribution in [3.8, 4) is 5.75 Å². The number of ether oxygens (including phenoxy) is 2. The maximum absolute atomic E-state index is 12.9. The lowest BCUT2D eigenvalue weighted by Crippen LogP contribution is -2.31. The predicted molar refractivity (Wildman–Crippen MR) is 117 cm³/mol. The number of carbonyl (C=O) groups excluding carboxylic acids is 2. The van der Waals surface area contributed by atoms with Crippen molar-refractivity contribution in [2.75, 3.05) is 25.0 Å². The number of nitrogens with one attached hydrogen (secondary N) is 3. The van der Waals surface area contributed by atoms with Gasteiger partial charge in [-0.05, 0) is 49.4 Å². The van der Waals surface area contributed by atoms with E-state index in [0.717, 1.165) is 6.07 Å². The van der Waals surface area contributed by atoms with Gasteiger partial charge in [-0.25, -0.2) is 8.42 Å². The van der Waals surface area contributed by atoms with Gasteiger partial charge in [0.25, 0.3) is 15.9 Å². The number of benzene rings is 2. The van der Waals surface area contributed by atoms with E-state index in [0.29, 0.717) is 18.0 Å². The number of fused-ring (bicyclic) bond motifs is 1. The van der Waals surface area contributed by atoms with Crippen molar-refractivity contribution in [1.29, 1.82) is 0 Å². The number of hydrogen-bond acceptors (Lipinski definition) is 7. The lowest BCUT2D eigenvalue weighted by atomic mass is 10.1. The Morgan fingerprint density at radius 3 is 2.44 bits per heavy atom. The summed E-state index contributed by atoms with van der Waals surface area (Å²) >= 11 is 0. The Balaban J connectivity index is 1.95. The molecule has 11 heteroatoms. The van der Waals surface area contributed by atoms with Crippen LogP contribution in [0.4, 0.5) is 5.69 Å². The maximum Gasteiger partial charge on any atom is 0.325 e. The molecule has 0 spiro atoms. The van der Waals surface area contributed by atoms with Crippen LogP contribution in [0.15, 0.2) is 58.2 Å². The number of pyridine rings is 1. The second kappa shape index (κ2) is 9.52. The third-order valence-corrected chi connectivity index (χ3v) is 5.79. The number of esters is 1. The number of anilines is 1. The summed E-state index contributed by atoms with van der Waals surface area (Å²) in [6.45, 7) is 1.92. The van der Waals surface area contributed by atoms with Crippen LogP contribution < -0.4 is 20.3 Å². The zero-order valence-electron chi connectivity index (χ0n) is 17.3. The van der Waals surface area contributed by atoms with Gasteiger partial charge in [-0.15, -0.1) is 0 Å². The fourth-order valence-electron chi connectivity index (χ4n) is 2.91. The molecule has 0 saturated carbocycles. The molecule has 0 bridgehead atoms. The molecule has 168 valence electrons. The van der Waals surface area contributed by atoms with Gasteiger partial charge in [-0.1, -0.05) is 0 Å². The molecule has 3 rings (SSSR count). The third kappa shape index (κ3) is 5.24. The zero-order valence-corrected chi connectivity index (χ0v) is 18.1. The number of carbonyl (C=O) groups is 2. The highest BCUT2D eigenvalue weighted by Gasteiger charge is 2.19. The highest BCUT2D eigenvalue weighted by Crippen LogP contribution is 2.23. The Labute approximate surface area is 183 Å². The molecule has 0 fully saturated rings. The van der Waals surface area contributed by atoms with Crippen LogP contribution in [0.1, 0.15) is 17.3 Å².